The Morgan fingerprint density at radius 3 is 2.05 bits per heavy atom. The van der Waals surface area contributed by atoms with E-state index in [0.717, 1.165) is 5.56 Å². The van der Waals surface area contributed by atoms with Crippen LogP contribution in [-0.4, -0.2) is 31.0 Å². The van der Waals surface area contributed by atoms with Gasteiger partial charge < -0.3 is 10.5 Å². The first-order chi connectivity index (χ1) is 9.08. The summed E-state index contributed by atoms with van der Waals surface area (Å²) in [5.41, 5.74) is 0.498. The molecule has 0 unspecified atom stereocenters. The van der Waals surface area contributed by atoms with Crippen LogP contribution in [0.15, 0.2) is 30.3 Å². The summed E-state index contributed by atoms with van der Waals surface area (Å²) in [6, 6.07) is 9.49. The lowest BCUT2D eigenvalue weighted by Gasteiger charge is -2.01. The first-order valence-electron chi connectivity index (χ1n) is 5.01. The van der Waals surface area contributed by atoms with Gasteiger partial charge in [0.05, 0.1) is 6.54 Å². The number of rotatable bonds is 3. The topological polar surface area (TPSA) is 107 Å². The van der Waals surface area contributed by atoms with Crippen LogP contribution in [0.4, 0.5) is 13.2 Å². The molecule has 0 spiro atoms. The third kappa shape index (κ3) is 7.71. The molecule has 20 heavy (non-hydrogen) atoms. The summed E-state index contributed by atoms with van der Waals surface area (Å²) in [6.45, 7) is 0.240. The number of carbonyl (C=O) groups excluding carboxylic acids is 1. The smallest absolute Gasteiger partial charge is 0.460 e. The number of esters is 1. The predicted molar refractivity (Wildman–Crippen MR) is 62.9 cm³/mol. The van der Waals surface area contributed by atoms with Crippen LogP contribution in [-0.2, 0) is 26.3 Å². The molecule has 114 valence electrons. The van der Waals surface area contributed by atoms with Crippen molar-refractivity contribution in [1.82, 2.24) is 0 Å². The third-order valence-corrected chi connectivity index (χ3v) is 2.29. The molecule has 1 rings (SSSR count). The highest BCUT2D eigenvalue weighted by Crippen LogP contribution is 2.20. The molecule has 0 radical (unpaired) electrons. The Hall–Kier alpha value is -1.65. The molecule has 0 aliphatic rings. The number of hydrogen-bond acceptors (Lipinski definition) is 5. The Bertz CT molecular complexity index is 515. The Morgan fingerprint density at radius 1 is 1.25 bits per heavy atom. The van der Waals surface area contributed by atoms with Crippen LogP contribution < -0.4 is 5.73 Å². The molecule has 6 nitrogen and oxygen atoms in total. The van der Waals surface area contributed by atoms with E-state index in [1.165, 1.54) is 0 Å². The molecule has 0 aliphatic heterocycles. The number of ether oxygens (including phenoxy) is 1. The molecule has 0 saturated heterocycles. The minimum Gasteiger partial charge on any atom is -0.460 e. The summed E-state index contributed by atoms with van der Waals surface area (Å²) in [5, 5.41) is 0. The van der Waals surface area contributed by atoms with Crippen molar-refractivity contribution in [2.24, 2.45) is 5.73 Å². The van der Waals surface area contributed by atoms with Crippen LogP contribution in [0.25, 0.3) is 0 Å². The Morgan fingerprint density at radius 2 is 1.70 bits per heavy atom. The van der Waals surface area contributed by atoms with Crippen LogP contribution in [0.3, 0.4) is 0 Å². The SMILES string of the molecule is NCC(=O)OCc1ccccc1.O=S(=O)(O)C(F)(F)F. The number of nitrogens with two attached hydrogens (primary N) is 1. The highest BCUT2D eigenvalue weighted by Gasteiger charge is 2.44. The lowest BCUT2D eigenvalue weighted by Crippen LogP contribution is -2.21. The van der Waals surface area contributed by atoms with Gasteiger partial charge in [0.1, 0.15) is 6.61 Å². The van der Waals surface area contributed by atoms with Gasteiger partial charge in [0.2, 0.25) is 0 Å². The van der Waals surface area contributed by atoms with E-state index in [1.807, 2.05) is 30.3 Å². The molecule has 10 heteroatoms. The Labute approximate surface area is 113 Å². The molecule has 0 bridgehead atoms. The van der Waals surface area contributed by atoms with Crippen LogP contribution >= 0.6 is 0 Å². The van der Waals surface area contributed by atoms with Crippen LogP contribution in [0.5, 0.6) is 0 Å². The van der Waals surface area contributed by atoms with Crippen molar-refractivity contribution in [3.8, 4) is 0 Å². The minimum absolute atomic E-state index is 0.0627. The summed E-state index contributed by atoms with van der Waals surface area (Å²) in [4.78, 5) is 10.6. The van der Waals surface area contributed by atoms with Gasteiger partial charge in [-0.1, -0.05) is 30.3 Å². The number of alkyl halides is 3. The summed E-state index contributed by atoms with van der Waals surface area (Å²) in [6.07, 6.45) is 0. The van der Waals surface area contributed by atoms with Gasteiger partial charge in [-0.15, -0.1) is 0 Å². The van der Waals surface area contributed by atoms with Crippen molar-refractivity contribution < 1.29 is 35.7 Å². The van der Waals surface area contributed by atoms with Gasteiger partial charge in [-0.2, -0.15) is 21.6 Å². The van der Waals surface area contributed by atoms with Gasteiger partial charge >= 0.3 is 21.6 Å². The zero-order chi connectivity index (χ0) is 15.8. The maximum Gasteiger partial charge on any atom is 0.522 e. The van der Waals surface area contributed by atoms with Crippen molar-refractivity contribution in [1.29, 1.82) is 0 Å². The van der Waals surface area contributed by atoms with E-state index in [-0.39, 0.29) is 12.5 Å². The minimum atomic E-state index is -5.84. The van der Waals surface area contributed by atoms with E-state index < -0.39 is 15.6 Å². The molecule has 3 N–H and O–H groups in total. The molecular formula is C10H12F3NO5S. The number of benzene rings is 1. The van der Waals surface area contributed by atoms with Crippen molar-refractivity contribution >= 4 is 16.1 Å². The molecule has 1 aromatic rings. The highest BCUT2D eigenvalue weighted by molar-refractivity contribution is 7.86. The number of carbonyl (C=O) groups is 1. The molecule has 0 aromatic heterocycles. The highest BCUT2D eigenvalue weighted by atomic mass is 32.2. The van der Waals surface area contributed by atoms with Crippen molar-refractivity contribution in [2.75, 3.05) is 6.54 Å². The molecular weight excluding hydrogens is 303 g/mol. The van der Waals surface area contributed by atoms with Crippen LogP contribution in [0, 0.1) is 0 Å². The number of hydrogen-bond donors (Lipinski definition) is 2. The van der Waals surface area contributed by atoms with Gasteiger partial charge in [0.15, 0.2) is 0 Å². The zero-order valence-electron chi connectivity index (χ0n) is 10.0. The van der Waals surface area contributed by atoms with E-state index in [9.17, 15) is 18.0 Å². The van der Waals surface area contributed by atoms with E-state index in [0.29, 0.717) is 6.61 Å². The standard InChI is InChI=1S/C9H11NO2.CHF3O3S/c10-6-9(11)12-7-8-4-2-1-3-5-8;2-1(3,4)8(5,6)7/h1-5H,6-7,10H2;(H,5,6,7). The third-order valence-electron chi connectivity index (χ3n) is 1.70. The monoisotopic (exact) mass is 315 g/mol. The van der Waals surface area contributed by atoms with Crippen LogP contribution in [0.2, 0.25) is 0 Å². The molecule has 0 atom stereocenters. The van der Waals surface area contributed by atoms with Gasteiger partial charge in [0.25, 0.3) is 0 Å². The lowest BCUT2D eigenvalue weighted by atomic mass is 10.2. The molecule has 0 saturated carbocycles. The van der Waals surface area contributed by atoms with Crippen LogP contribution in [0.1, 0.15) is 5.56 Å². The first kappa shape index (κ1) is 18.4. The second kappa shape index (κ2) is 7.82. The second-order valence-corrected chi connectivity index (χ2v) is 4.68. The molecule has 0 amide bonds. The normalized spacial score (nSPS) is 11.2. The van der Waals surface area contributed by atoms with E-state index in [1.54, 1.807) is 0 Å². The summed E-state index contributed by atoms with van der Waals surface area (Å²) in [5.74, 6) is -0.376. The van der Waals surface area contributed by atoms with E-state index in [2.05, 4.69) is 0 Å². The fourth-order valence-electron chi connectivity index (χ4n) is 0.797. The second-order valence-electron chi connectivity index (χ2n) is 3.27. The first-order valence-corrected chi connectivity index (χ1v) is 6.45. The molecule has 0 heterocycles. The maximum atomic E-state index is 10.7. The maximum absolute atomic E-state index is 10.7. The summed E-state index contributed by atoms with van der Waals surface area (Å²) < 4.78 is 62.4. The Kier molecular flexibility index (Phi) is 7.18. The van der Waals surface area contributed by atoms with Crippen molar-refractivity contribution in [2.45, 2.75) is 12.1 Å². The Balaban J connectivity index is 0.000000396. The fraction of sp³-hybridized carbons (Fsp3) is 0.300. The molecule has 1 aromatic carbocycles. The molecule has 0 fully saturated rings. The summed E-state index contributed by atoms with van der Waals surface area (Å²) >= 11 is 0. The largest absolute Gasteiger partial charge is 0.522 e. The quantitative estimate of drug-likeness (QED) is 0.491. The van der Waals surface area contributed by atoms with E-state index >= 15 is 0 Å². The van der Waals surface area contributed by atoms with Gasteiger partial charge in [-0.25, -0.2) is 0 Å². The van der Waals surface area contributed by atoms with Crippen molar-refractivity contribution in [3.05, 3.63) is 35.9 Å². The predicted octanol–water partition coefficient (Wildman–Crippen LogP) is 1.08. The van der Waals surface area contributed by atoms with Gasteiger partial charge in [0, 0.05) is 0 Å². The van der Waals surface area contributed by atoms with Gasteiger partial charge in [-0.05, 0) is 5.56 Å². The van der Waals surface area contributed by atoms with Gasteiger partial charge in [-0.3, -0.25) is 9.35 Å². The van der Waals surface area contributed by atoms with E-state index in [4.69, 9.17) is 23.4 Å². The fourth-order valence-corrected chi connectivity index (χ4v) is 0.797. The lowest BCUT2D eigenvalue weighted by molar-refractivity contribution is -0.143. The zero-order valence-corrected chi connectivity index (χ0v) is 10.8. The number of halogens is 3. The molecule has 0 aliphatic carbocycles. The average Bonchev–Trinajstić information content (AvgIpc) is 2.35. The average molecular weight is 315 g/mol. The summed E-state index contributed by atoms with van der Waals surface area (Å²) in [7, 11) is -5.84. The van der Waals surface area contributed by atoms with Crippen molar-refractivity contribution in [3.63, 3.8) is 0 Å².